The van der Waals surface area contributed by atoms with Gasteiger partial charge in [0.25, 0.3) is 0 Å². The van der Waals surface area contributed by atoms with Crippen molar-refractivity contribution in [2.75, 3.05) is 13.2 Å². The summed E-state index contributed by atoms with van der Waals surface area (Å²) < 4.78 is 4.87. The third kappa shape index (κ3) is 2.37. The minimum Gasteiger partial charge on any atom is -0.504 e. The minimum absolute atomic E-state index is 0.0300. The van der Waals surface area contributed by atoms with Gasteiger partial charge in [0, 0.05) is 6.07 Å². The fourth-order valence-electron chi connectivity index (χ4n) is 0.860. The van der Waals surface area contributed by atoms with Crippen molar-refractivity contribution >= 4 is 0 Å². The molecule has 0 aromatic heterocycles. The highest BCUT2D eigenvalue weighted by atomic mass is 16.5. The highest BCUT2D eigenvalue weighted by Crippen LogP contribution is 2.23. The molecule has 0 saturated heterocycles. The summed E-state index contributed by atoms with van der Waals surface area (Å²) in [6.07, 6.45) is 0. The van der Waals surface area contributed by atoms with Gasteiger partial charge in [-0.3, -0.25) is 4.79 Å². The number of hydrogen-bond acceptors (Lipinski definition) is 5. The molecule has 0 fully saturated rings. The lowest BCUT2D eigenvalue weighted by molar-refractivity contribution is 0.197. The molecule has 0 aliphatic rings. The smallest absolute Gasteiger partial charge is 0.223 e. The Labute approximate surface area is 79.8 Å². The van der Waals surface area contributed by atoms with Gasteiger partial charge in [-0.25, -0.2) is 0 Å². The highest BCUT2D eigenvalue weighted by molar-refractivity contribution is 5.40. The molecule has 0 bridgehead atoms. The largest absolute Gasteiger partial charge is 0.504 e. The quantitative estimate of drug-likeness (QED) is 0.627. The maximum absolute atomic E-state index is 11.1. The number of hydrogen-bond donors (Lipinski definition) is 3. The standard InChI is InChI=1S/C9H10O5/c10-3-4-14-9-5-8(13)6(11)1-2-7(9)12/h1-2,5,10,12H,3-4H2,(H,11,13). The van der Waals surface area contributed by atoms with E-state index in [4.69, 9.17) is 14.9 Å². The molecule has 0 aliphatic carbocycles. The molecule has 0 atom stereocenters. The summed E-state index contributed by atoms with van der Waals surface area (Å²) in [7, 11) is 0. The average Bonchev–Trinajstić information content (AvgIpc) is 2.29. The first-order valence-corrected chi connectivity index (χ1v) is 3.95. The van der Waals surface area contributed by atoms with Crippen LogP contribution in [0.25, 0.3) is 0 Å². The maximum Gasteiger partial charge on any atom is 0.223 e. The van der Waals surface area contributed by atoms with Crippen LogP contribution in [0.5, 0.6) is 17.2 Å². The normalized spacial score (nSPS) is 9.79. The molecule has 76 valence electrons. The second-order valence-corrected chi connectivity index (χ2v) is 2.55. The molecule has 1 aromatic rings. The van der Waals surface area contributed by atoms with Gasteiger partial charge < -0.3 is 20.1 Å². The summed E-state index contributed by atoms with van der Waals surface area (Å²) >= 11 is 0. The van der Waals surface area contributed by atoms with E-state index >= 15 is 0 Å². The first-order chi connectivity index (χ1) is 6.65. The van der Waals surface area contributed by atoms with E-state index in [1.165, 1.54) is 0 Å². The Morgan fingerprint density at radius 2 is 1.86 bits per heavy atom. The lowest BCUT2D eigenvalue weighted by Crippen LogP contribution is -2.03. The molecule has 0 amide bonds. The van der Waals surface area contributed by atoms with Crippen LogP contribution < -0.4 is 10.2 Å². The Hall–Kier alpha value is -1.75. The second-order valence-electron chi connectivity index (χ2n) is 2.55. The van der Waals surface area contributed by atoms with Crippen molar-refractivity contribution < 1.29 is 20.1 Å². The topological polar surface area (TPSA) is 87.0 Å². The zero-order valence-corrected chi connectivity index (χ0v) is 7.30. The van der Waals surface area contributed by atoms with Crippen LogP contribution in [0.1, 0.15) is 0 Å². The number of rotatable bonds is 3. The fraction of sp³-hybridized carbons (Fsp3) is 0.222. The van der Waals surface area contributed by atoms with Gasteiger partial charge in [-0.2, -0.15) is 0 Å². The van der Waals surface area contributed by atoms with Crippen LogP contribution in [0, 0.1) is 0 Å². The van der Waals surface area contributed by atoms with Gasteiger partial charge >= 0.3 is 0 Å². The lowest BCUT2D eigenvalue weighted by Gasteiger charge is -2.02. The van der Waals surface area contributed by atoms with Crippen LogP contribution in [0.2, 0.25) is 0 Å². The molecule has 3 N–H and O–H groups in total. The number of aromatic hydroxyl groups is 2. The van der Waals surface area contributed by atoms with Gasteiger partial charge in [-0.05, 0) is 12.1 Å². The van der Waals surface area contributed by atoms with Crippen molar-refractivity contribution in [3.05, 3.63) is 28.4 Å². The van der Waals surface area contributed by atoms with E-state index in [-0.39, 0.29) is 24.7 Å². The number of ether oxygens (including phenoxy) is 1. The first-order valence-electron chi connectivity index (χ1n) is 3.95. The summed E-state index contributed by atoms with van der Waals surface area (Å²) in [5.41, 5.74) is -0.654. The molecule has 0 aliphatic heterocycles. The van der Waals surface area contributed by atoms with E-state index in [1.54, 1.807) is 0 Å². The van der Waals surface area contributed by atoms with Gasteiger partial charge in [-0.15, -0.1) is 0 Å². The number of aliphatic hydroxyl groups is 1. The summed E-state index contributed by atoms with van der Waals surface area (Å²) in [5, 5.41) is 26.8. The fourth-order valence-corrected chi connectivity index (χ4v) is 0.860. The molecule has 0 heterocycles. The van der Waals surface area contributed by atoms with Crippen LogP contribution >= 0.6 is 0 Å². The molecule has 0 unspecified atom stereocenters. The molecule has 5 nitrogen and oxygen atoms in total. The molecule has 0 spiro atoms. The molecular weight excluding hydrogens is 188 g/mol. The predicted molar refractivity (Wildman–Crippen MR) is 48.6 cm³/mol. The van der Waals surface area contributed by atoms with E-state index < -0.39 is 11.2 Å². The van der Waals surface area contributed by atoms with Crippen molar-refractivity contribution in [1.82, 2.24) is 0 Å². The van der Waals surface area contributed by atoms with Crippen LogP contribution in [0.3, 0.4) is 0 Å². The summed E-state index contributed by atoms with van der Waals surface area (Å²) in [4.78, 5) is 11.1. The van der Waals surface area contributed by atoms with Crippen LogP contribution in [0.15, 0.2) is 23.0 Å². The SMILES string of the molecule is O=c1cc(OCCO)c(O)ccc1O. The van der Waals surface area contributed by atoms with Crippen LogP contribution in [0.4, 0.5) is 0 Å². The van der Waals surface area contributed by atoms with E-state index in [1.807, 2.05) is 0 Å². The Kier molecular flexibility index (Phi) is 3.30. The zero-order chi connectivity index (χ0) is 10.6. The maximum atomic E-state index is 11.1. The molecule has 1 rings (SSSR count). The van der Waals surface area contributed by atoms with Crippen molar-refractivity contribution in [2.45, 2.75) is 0 Å². The average molecular weight is 198 g/mol. The van der Waals surface area contributed by atoms with Crippen molar-refractivity contribution in [3.63, 3.8) is 0 Å². The van der Waals surface area contributed by atoms with Gasteiger partial charge in [-0.1, -0.05) is 0 Å². The van der Waals surface area contributed by atoms with E-state index in [0.717, 1.165) is 18.2 Å². The minimum atomic E-state index is -0.654. The molecule has 5 heteroatoms. The van der Waals surface area contributed by atoms with Crippen molar-refractivity contribution in [2.24, 2.45) is 0 Å². The zero-order valence-electron chi connectivity index (χ0n) is 7.30. The van der Waals surface area contributed by atoms with Gasteiger partial charge in [0.15, 0.2) is 17.2 Å². The highest BCUT2D eigenvalue weighted by Gasteiger charge is 2.03. The van der Waals surface area contributed by atoms with Gasteiger partial charge in [0.05, 0.1) is 6.61 Å². The van der Waals surface area contributed by atoms with E-state index in [0.29, 0.717) is 0 Å². The summed E-state index contributed by atoms with van der Waals surface area (Å²) in [5.74, 6) is -0.806. The second kappa shape index (κ2) is 4.48. The Morgan fingerprint density at radius 1 is 1.21 bits per heavy atom. The number of aliphatic hydroxyl groups excluding tert-OH is 1. The molecule has 0 saturated carbocycles. The lowest BCUT2D eigenvalue weighted by atomic mass is 10.4. The van der Waals surface area contributed by atoms with Crippen molar-refractivity contribution in [3.8, 4) is 17.2 Å². The van der Waals surface area contributed by atoms with Crippen molar-refractivity contribution in [1.29, 1.82) is 0 Å². The third-order valence-electron chi connectivity index (χ3n) is 1.52. The first kappa shape index (κ1) is 10.3. The van der Waals surface area contributed by atoms with E-state index in [9.17, 15) is 9.90 Å². The predicted octanol–water partition coefficient (Wildman–Crippen LogP) is -0.171. The molecule has 0 radical (unpaired) electrons. The van der Waals surface area contributed by atoms with Gasteiger partial charge in [0.1, 0.15) is 6.61 Å². The van der Waals surface area contributed by atoms with Crippen LogP contribution in [-0.4, -0.2) is 28.5 Å². The Morgan fingerprint density at radius 3 is 2.50 bits per heavy atom. The summed E-state index contributed by atoms with van der Waals surface area (Å²) in [6, 6.07) is 3.17. The molecule has 14 heavy (non-hydrogen) atoms. The van der Waals surface area contributed by atoms with Gasteiger partial charge in [0.2, 0.25) is 5.43 Å². The third-order valence-corrected chi connectivity index (χ3v) is 1.52. The van der Waals surface area contributed by atoms with Crippen LogP contribution in [-0.2, 0) is 0 Å². The van der Waals surface area contributed by atoms with E-state index in [2.05, 4.69) is 0 Å². The summed E-state index contributed by atoms with van der Waals surface area (Å²) in [6.45, 7) is -0.254. The Bertz CT molecular complexity index is 374. The molecular formula is C9H10O5. The molecule has 1 aromatic carbocycles. The monoisotopic (exact) mass is 198 g/mol. The Balaban J connectivity index is 3.11.